The number of ether oxygens (including phenoxy) is 1. The first kappa shape index (κ1) is 30.6. The molecule has 7 nitrogen and oxygen atoms in total. The zero-order valence-electron chi connectivity index (χ0n) is 23.9. The molecule has 0 saturated carbocycles. The summed E-state index contributed by atoms with van der Waals surface area (Å²) in [7, 11) is 1.52. The summed E-state index contributed by atoms with van der Waals surface area (Å²) in [5.74, 6) is 1.16. The molecule has 3 aromatic carbocycles. The summed E-state index contributed by atoms with van der Waals surface area (Å²) in [6.07, 6.45) is -4.94. The van der Waals surface area contributed by atoms with Crippen molar-refractivity contribution >= 4 is 28.0 Å². The quantitative estimate of drug-likeness (QED) is 0.128. The standard InChI is InChI=1S/C32H28F6N4O3/c1-3-16-15-42-9-7-17(16)10-25(42)26(22-6-8-39-24-5-4-21(45-2)14-23(22)24)41-28-27(29(43)30(28)44)40-20-12-18(31(33,34)35)11-19(13-20)32(36,37)38/h3-6,8,11-14,16-17,25-26,40-41H,1,7,9-10,15H2,2H3/t16?,17?,25-,26+/m0/s1. The van der Waals surface area contributed by atoms with Gasteiger partial charge >= 0.3 is 12.4 Å². The van der Waals surface area contributed by atoms with E-state index in [4.69, 9.17) is 4.74 Å². The van der Waals surface area contributed by atoms with Crippen molar-refractivity contribution < 1.29 is 31.1 Å². The van der Waals surface area contributed by atoms with Crippen molar-refractivity contribution in [2.45, 2.75) is 37.3 Å². The molecule has 45 heavy (non-hydrogen) atoms. The van der Waals surface area contributed by atoms with Gasteiger partial charge in [-0.05, 0) is 79.3 Å². The molecular formula is C32H28F6N4O3. The number of piperidine rings is 3. The maximum atomic E-state index is 13.5. The molecule has 0 amide bonds. The molecular weight excluding hydrogens is 602 g/mol. The molecule has 236 valence electrons. The number of hydrogen-bond acceptors (Lipinski definition) is 7. The van der Waals surface area contributed by atoms with Crippen LogP contribution in [0.3, 0.4) is 0 Å². The first-order valence-corrected chi connectivity index (χ1v) is 14.2. The Balaban J connectivity index is 1.43. The van der Waals surface area contributed by atoms with E-state index in [-0.39, 0.29) is 23.7 Å². The average molecular weight is 631 g/mol. The monoisotopic (exact) mass is 630 g/mol. The largest absolute Gasteiger partial charge is 0.497 e. The van der Waals surface area contributed by atoms with Gasteiger partial charge in [-0.3, -0.25) is 19.5 Å². The van der Waals surface area contributed by atoms with Gasteiger partial charge in [0.15, 0.2) is 0 Å². The van der Waals surface area contributed by atoms with Gasteiger partial charge in [0.1, 0.15) is 17.1 Å². The Bertz CT molecular complexity index is 1810. The van der Waals surface area contributed by atoms with E-state index in [9.17, 15) is 35.9 Å². The van der Waals surface area contributed by atoms with Crippen LogP contribution in [-0.2, 0) is 12.4 Å². The van der Waals surface area contributed by atoms with E-state index in [1.807, 2.05) is 6.08 Å². The molecule has 0 aliphatic carbocycles. The maximum Gasteiger partial charge on any atom is 0.416 e. The molecule has 5 atom stereocenters. The summed E-state index contributed by atoms with van der Waals surface area (Å²) in [4.78, 5) is 32.4. The molecule has 3 saturated heterocycles. The van der Waals surface area contributed by atoms with Crippen molar-refractivity contribution in [3.8, 4) is 5.75 Å². The van der Waals surface area contributed by atoms with Crippen molar-refractivity contribution in [2.24, 2.45) is 11.8 Å². The van der Waals surface area contributed by atoms with E-state index in [1.54, 1.807) is 30.5 Å². The molecule has 2 N–H and O–H groups in total. The number of hydrogen-bond donors (Lipinski definition) is 2. The van der Waals surface area contributed by atoms with Crippen molar-refractivity contribution in [3.05, 3.63) is 98.5 Å². The highest BCUT2D eigenvalue weighted by Crippen LogP contribution is 2.44. The van der Waals surface area contributed by atoms with Gasteiger partial charge < -0.3 is 15.4 Å². The summed E-state index contributed by atoms with van der Waals surface area (Å²) in [5, 5.41) is 6.30. The molecule has 2 bridgehead atoms. The van der Waals surface area contributed by atoms with Crippen LogP contribution in [-0.4, -0.2) is 36.1 Å². The highest BCUT2D eigenvalue weighted by molar-refractivity contribution is 5.85. The average Bonchev–Trinajstić information content (AvgIpc) is 3.03. The van der Waals surface area contributed by atoms with Crippen molar-refractivity contribution in [1.82, 2.24) is 9.88 Å². The fourth-order valence-electron chi connectivity index (χ4n) is 6.63. The minimum Gasteiger partial charge on any atom is -0.497 e. The van der Waals surface area contributed by atoms with E-state index in [0.29, 0.717) is 29.3 Å². The lowest BCUT2D eigenvalue weighted by Gasteiger charge is -2.52. The molecule has 4 aromatic rings. The molecule has 0 radical (unpaired) electrons. The van der Waals surface area contributed by atoms with Crippen molar-refractivity contribution in [1.29, 1.82) is 0 Å². The Labute approximate surface area is 253 Å². The molecule has 3 aliphatic heterocycles. The Kier molecular flexibility index (Phi) is 7.62. The number of nitrogens with one attached hydrogen (secondary N) is 2. The first-order valence-electron chi connectivity index (χ1n) is 14.2. The Hall–Kier alpha value is -4.39. The van der Waals surface area contributed by atoms with Gasteiger partial charge in [0, 0.05) is 29.9 Å². The zero-order valence-corrected chi connectivity index (χ0v) is 23.9. The predicted octanol–water partition coefficient (Wildman–Crippen LogP) is 6.67. The lowest BCUT2D eigenvalue weighted by molar-refractivity contribution is -0.143. The Morgan fingerprint density at radius 3 is 2.29 bits per heavy atom. The van der Waals surface area contributed by atoms with Crippen LogP contribution in [0.2, 0.25) is 0 Å². The molecule has 3 fully saturated rings. The Morgan fingerprint density at radius 1 is 1.00 bits per heavy atom. The molecule has 3 aliphatic rings. The number of anilines is 3. The smallest absolute Gasteiger partial charge is 0.416 e. The molecule has 3 unspecified atom stereocenters. The maximum absolute atomic E-state index is 13.5. The van der Waals surface area contributed by atoms with Crippen LogP contribution in [0.25, 0.3) is 10.9 Å². The number of benzene rings is 2. The topological polar surface area (TPSA) is 83.6 Å². The highest BCUT2D eigenvalue weighted by atomic mass is 19.4. The van der Waals surface area contributed by atoms with Crippen LogP contribution in [0.1, 0.15) is 35.6 Å². The molecule has 1 aromatic heterocycles. The summed E-state index contributed by atoms with van der Waals surface area (Å²) >= 11 is 0. The minimum absolute atomic E-state index is 0.00556. The van der Waals surface area contributed by atoms with Crippen molar-refractivity contribution in [2.75, 3.05) is 30.8 Å². The van der Waals surface area contributed by atoms with Crippen LogP contribution < -0.4 is 26.2 Å². The van der Waals surface area contributed by atoms with Crippen LogP contribution in [0.5, 0.6) is 5.75 Å². The third kappa shape index (κ3) is 5.65. The number of rotatable bonds is 8. The first-order chi connectivity index (χ1) is 21.3. The van der Waals surface area contributed by atoms with E-state index in [1.165, 1.54) is 7.11 Å². The Morgan fingerprint density at radius 2 is 1.69 bits per heavy atom. The van der Waals surface area contributed by atoms with Crippen LogP contribution >= 0.6 is 0 Å². The molecule has 4 heterocycles. The lowest BCUT2D eigenvalue weighted by Crippen LogP contribution is -2.56. The number of methoxy groups -OCH3 is 1. The summed E-state index contributed by atoms with van der Waals surface area (Å²) in [5.41, 5.74) is -4.95. The van der Waals surface area contributed by atoms with Gasteiger partial charge in [0.05, 0.1) is 29.8 Å². The van der Waals surface area contributed by atoms with Crippen LogP contribution in [0.15, 0.2) is 70.9 Å². The second-order valence-corrected chi connectivity index (χ2v) is 11.5. The summed E-state index contributed by atoms with van der Waals surface area (Å²) < 4.78 is 86.4. The third-order valence-corrected chi connectivity index (χ3v) is 8.92. The third-order valence-electron chi connectivity index (χ3n) is 8.92. The molecule has 7 rings (SSSR count). The predicted molar refractivity (Wildman–Crippen MR) is 158 cm³/mol. The lowest BCUT2D eigenvalue weighted by atomic mass is 9.73. The van der Waals surface area contributed by atoms with Gasteiger partial charge in [-0.2, -0.15) is 26.3 Å². The van der Waals surface area contributed by atoms with Gasteiger partial charge in [0.2, 0.25) is 0 Å². The van der Waals surface area contributed by atoms with Crippen LogP contribution in [0, 0.1) is 11.8 Å². The summed E-state index contributed by atoms with van der Waals surface area (Å²) in [6.45, 7) is 5.48. The second-order valence-electron chi connectivity index (χ2n) is 11.5. The van der Waals surface area contributed by atoms with Gasteiger partial charge in [-0.1, -0.05) is 6.08 Å². The van der Waals surface area contributed by atoms with E-state index in [2.05, 4.69) is 27.1 Å². The van der Waals surface area contributed by atoms with E-state index in [0.717, 1.165) is 36.9 Å². The molecule has 13 heteroatoms. The number of halogens is 6. The summed E-state index contributed by atoms with van der Waals surface area (Å²) in [6, 6.07) is 7.29. The number of alkyl halides is 6. The van der Waals surface area contributed by atoms with E-state index < -0.39 is 51.8 Å². The van der Waals surface area contributed by atoms with Crippen LogP contribution in [0.4, 0.5) is 43.4 Å². The molecule has 0 spiro atoms. The number of fused-ring (bicyclic) bond motifs is 4. The van der Waals surface area contributed by atoms with Gasteiger partial charge in [-0.25, -0.2) is 0 Å². The van der Waals surface area contributed by atoms with E-state index >= 15 is 0 Å². The highest BCUT2D eigenvalue weighted by Gasteiger charge is 2.44. The van der Waals surface area contributed by atoms with Gasteiger partial charge in [-0.15, -0.1) is 6.58 Å². The number of aromatic nitrogens is 1. The number of nitrogens with zero attached hydrogens (tertiary/aromatic N) is 2. The second kappa shape index (κ2) is 11.2. The normalized spacial score (nSPS) is 22.4. The zero-order chi connectivity index (χ0) is 32.3. The fourth-order valence-corrected chi connectivity index (χ4v) is 6.63. The van der Waals surface area contributed by atoms with Gasteiger partial charge in [0.25, 0.3) is 10.9 Å². The fraction of sp³-hybridized carbons (Fsp3) is 0.344. The number of pyridine rings is 1. The minimum atomic E-state index is -5.08. The van der Waals surface area contributed by atoms with Crippen molar-refractivity contribution in [3.63, 3.8) is 0 Å². The SMILES string of the molecule is C=CC1CN2CCC1C[C@H]2[C@H](Nc1c(Nc2cc(C(F)(F)F)cc(C(F)(F)F)c2)c(=O)c1=O)c1ccnc2ccc(OC)cc12.